The maximum absolute atomic E-state index is 12.6. The lowest BCUT2D eigenvalue weighted by atomic mass is 9.74. The van der Waals surface area contributed by atoms with Gasteiger partial charge in [0.15, 0.2) is 0 Å². The fraction of sp³-hybridized carbons (Fsp3) is 0.556. The smallest absolute Gasteiger partial charge is 0.318 e. The molecule has 1 saturated carbocycles. The van der Waals surface area contributed by atoms with Crippen molar-refractivity contribution in [3.05, 3.63) is 35.9 Å². The lowest BCUT2D eigenvalue weighted by molar-refractivity contribution is -0.127. The minimum Gasteiger partial charge on any atom is -0.351 e. The summed E-state index contributed by atoms with van der Waals surface area (Å²) in [5, 5.41) is 2.27. The summed E-state index contributed by atoms with van der Waals surface area (Å²) in [5.74, 6) is 1.15. The minimum atomic E-state index is -0.788. The second kappa shape index (κ2) is 7.13. The molecule has 1 aliphatic heterocycles. The van der Waals surface area contributed by atoms with E-state index in [9.17, 15) is 9.59 Å². The number of amides is 3. The average molecular weight is 315 g/mol. The lowest BCUT2D eigenvalue weighted by Crippen LogP contribution is -2.49. The van der Waals surface area contributed by atoms with Crippen LogP contribution in [0.2, 0.25) is 0 Å². The third-order valence-corrected chi connectivity index (χ3v) is 5.30. The van der Waals surface area contributed by atoms with E-state index in [1.165, 1.54) is 25.7 Å². The molecule has 5 nitrogen and oxygen atoms in total. The number of urea groups is 1. The quantitative estimate of drug-likeness (QED) is 0.899. The van der Waals surface area contributed by atoms with Crippen molar-refractivity contribution in [1.29, 1.82) is 0 Å². The van der Waals surface area contributed by atoms with E-state index in [-0.39, 0.29) is 5.91 Å². The van der Waals surface area contributed by atoms with Crippen molar-refractivity contribution in [3.8, 4) is 0 Å². The fourth-order valence-electron chi connectivity index (χ4n) is 4.22. The van der Waals surface area contributed by atoms with Gasteiger partial charge in [0.2, 0.25) is 5.91 Å². The first-order valence-corrected chi connectivity index (χ1v) is 8.54. The Balaban J connectivity index is 1.80. The fourth-order valence-corrected chi connectivity index (χ4v) is 4.22. The first-order valence-electron chi connectivity index (χ1n) is 8.54. The largest absolute Gasteiger partial charge is 0.351 e. The van der Waals surface area contributed by atoms with Crippen LogP contribution in [-0.4, -0.2) is 29.9 Å². The number of hydrogen-bond acceptors (Lipinski definition) is 3. The van der Waals surface area contributed by atoms with Crippen LogP contribution in [0, 0.1) is 11.8 Å². The maximum Gasteiger partial charge on any atom is 0.318 e. The Hall–Kier alpha value is -1.88. The number of carbonyl (C=O) groups excluding carboxylic acids is 2. The van der Waals surface area contributed by atoms with Crippen LogP contribution in [0.4, 0.5) is 4.79 Å². The van der Waals surface area contributed by atoms with Crippen LogP contribution in [0.3, 0.4) is 0 Å². The summed E-state index contributed by atoms with van der Waals surface area (Å²) in [6.07, 6.45) is 6.34. The minimum absolute atomic E-state index is 0.321. The maximum atomic E-state index is 12.6. The molecule has 0 spiro atoms. The Kier molecular flexibility index (Phi) is 4.96. The summed E-state index contributed by atoms with van der Waals surface area (Å²) < 4.78 is 0. The number of piperidine rings is 1. The zero-order valence-corrected chi connectivity index (χ0v) is 13.4. The second-order valence-electron chi connectivity index (χ2n) is 6.75. The Bertz CT molecular complexity index is 561. The van der Waals surface area contributed by atoms with Crippen molar-refractivity contribution in [1.82, 2.24) is 10.2 Å². The van der Waals surface area contributed by atoms with Gasteiger partial charge in [0, 0.05) is 6.54 Å². The molecule has 0 bridgehead atoms. The predicted octanol–water partition coefficient (Wildman–Crippen LogP) is 2.43. The number of nitrogens with two attached hydrogens (primary N) is 1. The van der Waals surface area contributed by atoms with Gasteiger partial charge in [-0.1, -0.05) is 49.6 Å². The van der Waals surface area contributed by atoms with Gasteiger partial charge in [-0.3, -0.25) is 15.0 Å². The van der Waals surface area contributed by atoms with Gasteiger partial charge in [0.25, 0.3) is 0 Å². The molecule has 0 aromatic heterocycles. The van der Waals surface area contributed by atoms with Gasteiger partial charge in [-0.2, -0.15) is 0 Å². The number of likely N-dealkylation sites (tertiary alicyclic amines) is 1. The van der Waals surface area contributed by atoms with Gasteiger partial charge < -0.3 is 5.73 Å². The Morgan fingerprint density at radius 3 is 2.48 bits per heavy atom. The Morgan fingerprint density at radius 2 is 1.78 bits per heavy atom. The highest BCUT2D eigenvalue weighted by atomic mass is 16.2. The van der Waals surface area contributed by atoms with E-state index in [4.69, 9.17) is 5.73 Å². The van der Waals surface area contributed by atoms with Crippen LogP contribution < -0.4 is 11.1 Å². The highest BCUT2D eigenvalue weighted by molar-refractivity contribution is 5.96. The molecule has 0 radical (unpaired) electrons. The standard InChI is InChI=1S/C18H25N3O2/c19-18(23)20-17(22)16(14-7-2-1-3-8-14)21-11-10-13-6-4-5-9-15(13)12-21/h1-3,7-8,13,15-16H,4-6,9-12H2,(H3,19,20,22,23). The van der Waals surface area contributed by atoms with Crippen LogP contribution in [0.5, 0.6) is 0 Å². The molecule has 23 heavy (non-hydrogen) atoms. The number of nitrogens with one attached hydrogen (secondary N) is 1. The van der Waals surface area contributed by atoms with Crippen LogP contribution in [0.1, 0.15) is 43.7 Å². The summed E-state index contributed by atoms with van der Waals surface area (Å²) in [7, 11) is 0. The summed E-state index contributed by atoms with van der Waals surface area (Å²) >= 11 is 0. The van der Waals surface area contributed by atoms with Crippen molar-refractivity contribution in [2.45, 2.75) is 38.1 Å². The summed E-state index contributed by atoms with van der Waals surface area (Å²) in [6.45, 7) is 1.82. The van der Waals surface area contributed by atoms with E-state index in [1.54, 1.807) is 0 Å². The first kappa shape index (κ1) is 16.0. The molecule has 3 unspecified atom stereocenters. The number of primary amides is 1. The SMILES string of the molecule is NC(=O)NC(=O)C(c1ccccc1)N1CCC2CCCCC2C1. The van der Waals surface area contributed by atoms with Gasteiger partial charge in [-0.15, -0.1) is 0 Å². The third-order valence-electron chi connectivity index (χ3n) is 5.30. The van der Waals surface area contributed by atoms with E-state index >= 15 is 0 Å². The first-order chi connectivity index (χ1) is 11.1. The van der Waals surface area contributed by atoms with Gasteiger partial charge in [0.1, 0.15) is 6.04 Å². The monoisotopic (exact) mass is 315 g/mol. The summed E-state index contributed by atoms with van der Waals surface area (Å²) in [4.78, 5) is 25.9. The van der Waals surface area contributed by atoms with Crippen LogP contribution >= 0.6 is 0 Å². The molecule has 3 atom stereocenters. The van der Waals surface area contributed by atoms with Crippen molar-refractivity contribution in [2.24, 2.45) is 17.6 Å². The lowest BCUT2D eigenvalue weighted by Gasteiger charge is -2.43. The van der Waals surface area contributed by atoms with E-state index in [0.29, 0.717) is 5.92 Å². The molecule has 5 heteroatoms. The molecule has 1 aromatic carbocycles. The zero-order valence-electron chi connectivity index (χ0n) is 13.4. The third kappa shape index (κ3) is 3.72. The molecule has 1 aromatic rings. The van der Waals surface area contributed by atoms with Crippen molar-refractivity contribution in [2.75, 3.05) is 13.1 Å². The number of imide groups is 1. The number of nitrogens with zero attached hydrogens (tertiary/aromatic N) is 1. The molecule has 3 rings (SSSR count). The summed E-state index contributed by atoms with van der Waals surface area (Å²) in [6, 6.07) is 8.44. The van der Waals surface area contributed by atoms with E-state index in [2.05, 4.69) is 10.2 Å². The van der Waals surface area contributed by atoms with E-state index in [0.717, 1.165) is 31.0 Å². The number of rotatable bonds is 3. The number of fused-ring (bicyclic) bond motifs is 1. The molecule has 1 heterocycles. The van der Waals surface area contributed by atoms with Gasteiger partial charge in [0.05, 0.1) is 0 Å². The molecule has 2 aliphatic rings. The molecule has 1 aliphatic carbocycles. The molecule has 3 N–H and O–H groups in total. The molecule has 1 saturated heterocycles. The predicted molar refractivity (Wildman–Crippen MR) is 88.5 cm³/mol. The molecular weight excluding hydrogens is 290 g/mol. The van der Waals surface area contributed by atoms with Gasteiger partial charge in [-0.25, -0.2) is 4.79 Å². The Labute approximate surface area is 137 Å². The second-order valence-corrected chi connectivity index (χ2v) is 6.75. The van der Waals surface area contributed by atoms with Crippen molar-refractivity contribution in [3.63, 3.8) is 0 Å². The number of hydrogen-bond donors (Lipinski definition) is 2. The van der Waals surface area contributed by atoms with E-state index < -0.39 is 12.1 Å². The van der Waals surface area contributed by atoms with Crippen LogP contribution in [-0.2, 0) is 4.79 Å². The van der Waals surface area contributed by atoms with Gasteiger partial charge in [-0.05, 0) is 36.8 Å². The molecular formula is C18H25N3O2. The highest BCUT2D eigenvalue weighted by Gasteiger charge is 2.37. The van der Waals surface area contributed by atoms with Crippen LogP contribution in [0.15, 0.2) is 30.3 Å². The van der Waals surface area contributed by atoms with E-state index in [1.807, 2.05) is 30.3 Å². The topological polar surface area (TPSA) is 75.4 Å². The van der Waals surface area contributed by atoms with Gasteiger partial charge >= 0.3 is 6.03 Å². The number of carbonyl (C=O) groups is 2. The molecule has 2 fully saturated rings. The normalized spacial score (nSPS) is 26.1. The highest BCUT2D eigenvalue weighted by Crippen LogP contribution is 2.38. The average Bonchev–Trinajstić information content (AvgIpc) is 2.55. The Morgan fingerprint density at radius 1 is 1.09 bits per heavy atom. The van der Waals surface area contributed by atoms with Crippen LogP contribution in [0.25, 0.3) is 0 Å². The zero-order chi connectivity index (χ0) is 16.2. The summed E-state index contributed by atoms with van der Waals surface area (Å²) in [5.41, 5.74) is 6.07. The van der Waals surface area contributed by atoms with Crippen molar-refractivity contribution >= 4 is 11.9 Å². The number of benzene rings is 1. The molecule has 3 amide bonds. The molecule has 124 valence electrons. The van der Waals surface area contributed by atoms with Crippen molar-refractivity contribution < 1.29 is 9.59 Å².